The van der Waals surface area contributed by atoms with Crippen LogP contribution in [-0.2, 0) is 0 Å². The zero-order valence-corrected chi connectivity index (χ0v) is 14.5. The number of aliphatic hydroxyl groups excluding tert-OH is 1. The van der Waals surface area contributed by atoms with Crippen molar-refractivity contribution in [2.45, 2.75) is 56.5 Å². The largest absolute Gasteiger partial charge is 0.496 e. The summed E-state index contributed by atoms with van der Waals surface area (Å²) in [5.74, 6) is 1.97. The van der Waals surface area contributed by atoms with Crippen LogP contribution in [0.3, 0.4) is 0 Å². The first-order chi connectivity index (χ1) is 10.1. The van der Waals surface area contributed by atoms with Gasteiger partial charge in [-0.15, -0.1) is 11.8 Å². The van der Waals surface area contributed by atoms with Gasteiger partial charge in [0, 0.05) is 16.5 Å². The molecule has 0 saturated heterocycles. The van der Waals surface area contributed by atoms with Crippen LogP contribution in [0.2, 0.25) is 0 Å². The number of hydrogen-bond donors (Lipinski definition) is 2. The van der Waals surface area contributed by atoms with Crippen molar-refractivity contribution in [3.63, 3.8) is 0 Å². The minimum Gasteiger partial charge on any atom is -0.496 e. The van der Waals surface area contributed by atoms with Gasteiger partial charge in [-0.25, -0.2) is 0 Å². The molecule has 0 bridgehead atoms. The molecule has 0 aliphatic heterocycles. The average molecular weight is 311 g/mol. The van der Waals surface area contributed by atoms with Gasteiger partial charge >= 0.3 is 0 Å². The molecule has 1 aromatic carbocycles. The number of para-hydroxylation sites is 1. The van der Waals surface area contributed by atoms with E-state index in [0.717, 1.165) is 30.8 Å². The van der Waals surface area contributed by atoms with Crippen LogP contribution < -0.4 is 10.1 Å². The standard InChI is InChI=1S/C17H29NO2S/c1-5-17(13-19,18-14(2)3)11-8-12-21-16-10-7-6-9-15(16)20-4/h6-7,9-10,14,18-19H,5,8,11-13H2,1-4H3. The fourth-order valence-electron chi connectivity index (χ4n) is 2.53. The van der Waals surface area contributed by atoms with Crippen LogP contribution in [-0.4, -0.2) is 36.2 Å². The van der Waals surface area contributed by atoms with Crippen LogP contribution in [0.5, 0.6) is 5.75 Å². The summed E-state index contributed by atoms with van der Waals surface area (Å²) in [5, 5.41) is 13.3. The predicted octanol–water partition coefficient (Wildman–Crippen LogP) is 3.71. The van der Waals surface area contributed by atoms with E-state index in [1.165, 1.54) is 4.90 Å². The third-order valence-electron chi connectivity index (χ3n) is 3.70. The van der Waals surface area contributed by atoms with Crippen molar-refractivity contribution in [3.8, 4) is 5.75 Å². The highest BCUT2D eigenvalue weighted by Crippen LogP contribution is 2.30. The Balaban J connectivity index is 2.47. The lowest BCUT2D eigenvalue weighted by atomic mass is 9.91. The lowest BCUT2D eigenvalue weighted by molar-refractivity contribution is 0.137. The smallest absolute Gasteiger partial charge is 0.132 e. The zero-order valence-electron chi connectivity index (χ0n) is 13.7. The molecule has 0 heterocycles. The minimum atomic E-state index is -0.143. The summed E-state index contributed by atoms with van der Waals surface area (Å²) in [5.41, 5.74) is -0.143. The average Bonchev–Trinajstić information content (AvgIpc) is 2.50. The maximum atomic E-state index is 9.73. The fourth-order valence-corrected chi connectivity index (χ4v) is 3.51. The molecular formula is C17H29NO2S. The first-order valence-electron chi connectivity index (χ1n) is 7.71. The van der Waals surface area contributed by atoms with Gasteiger partial charge in [-0.05, 0) is 37.1 Å². The third kappa shape index (κ3) is 5.89. The van der Waals surface area contributed by atoms with Gasteiger partial charge in [0.15, 0.2) is 0 Å². The molecule has 0 aliphatic carbocycles. The van der Waals surface area contributed by atoms with E-state index in [-0.39, 0.29) is 12.1 Å². The minimum absolute atomic E-state index is 0.143. The van der Waals surface area contributed by atoms with Gasteiger partial charge in [0.05, 0.1) is 13.7 Å². The highest BCUT2D eigenvalue weighted by molar-refractivity contribution is 7.99. The van der Waals surface area contributed by atoms with Gasteiger partial charge in [0.1, 0.15) is 5.75 Å². The maximum absolute atomic E-state index is 9.73. The first kappa shape index (κ1) is 18.3. The van der Waals surface area contributed by atoms with Gasteiger partial charge in [-0.3, -0.25) is 0 Å². The van der Waals surface area contributed by atoms with Crippen LogP contribution >= 0.6 is 11.8 Å². The summed E-state index contributed by atoms with van der Waals surface area (Å²) < 4.78 is 5.37. The van der Waals surface area contributed by atoms with Crippen LogP contribution in [0.4, 0.5) is 0 Å². The summed E-state index contributed by atoms with van der Waals surface area (Å²) in [4.78, 5) is 1.18. The third-order valence-corrected chi connectivity index (χ3v) is 4.84. The van der Waals surface area contributed by atoms with Crippen molar-refractivity contribution >= 4 is 11.8 Å². The van der Waals surface area contributed by atoms with Crippen LogP contribution in [0, 0.1) is 0 Å². The topological polar surface area (TPSA) is 41.5 Å². The molecule has 0 radical (unpaired) electrons. The Bertz CT molecular complexity index is 406. The van der Waals surface area contributed by atoms with E-state index >= 15 is 0 Å². The van der Waals surface area contributed by atoms with Crippen molar-refractivity contribution in [1.82, 2.24) is 5.32 Å². The molecule has 0 spiro atoms. The van der Waals surface area contributed by atoms with Gasteiger partial charge in [-0.2, -0.15) is 0 Å². The Kier molecular flexibility index (Phi) is 8.15. The summed E-state index contributed by atoms with van der Waals surface area (Å²) in [6, 6.07) is 8.50. The number of benzene rings is 1. The number of aliphatic hydroxyl groups is 1. The molecule has 1 atom stereocenters. The maximum Gasteiger partial charge on any atom is 0.132 e. The lowest BCUT2D eigenvalue weighted by Crippen LogP contribution is -2.51. The molecule has 3 nitrogen and oxygen atoms in total. The molecular weight excluding hydrogens is 282 g/mol. The summed E-state index contributed by atoms with van der Waals surface area (Å²) in [6.45, 7) is 6.59. The number of hydrogen-bond acceptors (Lipinski definition) is 4. The van der Waals surface area contributed by atoms with E-state index in [1.54, 1.807) is 7.11 Å². The van der Waals surface area contributed by atoms with Gasteiger partial charge < -0.3 is 15.2 Å². The van der Waals surface area contributed by atoms with Gasteiger partial charge in [0.2, 0.25) is 0 Å². The second-order valence-corrected chi connectivity index (χ2v) is 6.83. The molecule has 2 N–H and O–H groups in total. The quantitative estimate of drug-likeness (QED) is 0.510. The van der Waals surface area contributed by atoms with E-state index < -0.39 is 0 Å². The molecule has 0 aliphatic rings. The highest BCUT2D eigenvalue weighted by Gasteiger charge is 2.27. The van der Waals surface area contributed by atoms with Crippen molar-refractivity contribution in [2.24, 2.45) is 0 Å². The SMILES string of the molecule is CCC(CO)(CCCSc1ccccc1OC)NC(C)C. The van der Waals surface area contributed by atoms with E-state index in [4.69, 9.17) is 4.74 Å². The number of nitrogens with one attached hydrogen (secondary N) is 1. The molecule has 120 valence electrons. The predicted molar refractivity (Wildman–Crippen MR) is 91.3 cm³/mol. The fraction of sp³-hybridized carbons (Fsp3) is 0.647. The Hall–Kier alpha value is -0.710. The molecule has 1 aromatic rings. The normalized spacial score (nSPS) is 14.2. The molecule has 0 saturated carbocycles. The Morgan fingerprint density at radius 3 is 2.62 bits per heavy atom. The number of rotatable bonds is 10. The number of thioether (sulfide) groups is 1. The summed E-state index contributed by atoms with van der Waals surface area (Å²) in [7, 11) is 1.71. The zero-order chi connectivity index (χ0) is 15.7. The summed E-state index contributed by atoms with van der Waals surface area (Å²) >= 11 is 1.82. The van der Waals surface area contributed by atoms with E-state index in [0.29, 0.717) is 6.04 Å². The molecule has 0 amide bonds. The lowest BCUT2D eigenvalue weighted by Gasteiger charge is -2.34. The van der Waals surface area contributed by atoms with E-state index in [1.807, 2.05) is 30.0 Å². The van der Waals surface area contributed by atoms with Gasteiger partial charge in [0.25, 0.3) is 0 Å². The van der Waals surface area contributed by atoms with Crippen LogP contribution in [0.15, 0.2) is 29.2 Å². The van der Waals surface area contributed by atoms with Crippen LogP contribution in [0.25, 0.3) is 0 Å². The number of methoxy groups -OCH3 is 1. The van der Waals surface area contributed by atoms with Crippen LogP contribution in [0.1, 0.15) is 40.0 Å². The second-order valence-electron chi connectivity index (χ2n) is 5.69. The van der Waals surface area contributed by atoms with Crippen molar-refractivity contribution in [3.05, 3.63) is 24.3 Å². The summed E-state index contributed by atoms with van der Waals surface area (Å²) in [6.07, 6.45) is 3.00. The van der Waals surface area contributed by atoms with E-state index in [2.05, 4.69) is 32.2 Å². The van der Waals surface area contributed by atoms with Crippen molar-refractivity contribution in [1.29, 1.82) is 0 Å². The molecule has 0 aromatic heterocycles. The first-order valence-corrected chi connectivity index (χ1v) is 8.70. The second kappa shape index (κ2) is 9.34. The highest BCUT2D eigenvalue weighted by atomic mass is 32.2. The van der Waals surface area contributed by atoms with Gasteiger partial charge in [-0.1, -0.05) is 32.9 Å². The van der Waals surface area contributed by atoms with E-state index in [9.17, 15) is 5.11 Å². The monoisotopic (exact) mass is 311 g/mol. The number of ether oxygens (including phenoxy) is 1. The Morgan fingerprint density at radius 1 is 1.33 bits per heavy atom. The molecule has 0 fully saturated rings. The molecule has 1 unspecified atom stereocenters. The molecule has 21 heavy (non-hydrogen) atoms. The Labute approximate surface area is 133 Å². The van der Waals surface area contributed by atoms with Crippen molar-refractivity contribution in [2.75, 3.05) is 19.5 Å². The van der Waals surface area contributed by atoms with Crippen molar-refractivity contribution < 1.29 is 9.84 Å². The molecule has 1 rings (SSSR count). The Morgan fingerprint density at radius 2 is 2.05 bits per heavy atom. The molecule has 4 heteroatoms.